The van der Waals surface area contributed by atoms with Gasteiger partial charge in [0, 0.05) is 6.92 Å². The SMILES string of the molecule is COc1cc(C2(F)CN(C(C)=O)C2)ccc1F. The zero-order chi connectivity index (χ0) is 12.6. The fourth-order valence-corrected chi connectivity index (χ4v) is 1.90. The number of benzene rings is 1. The van der Waals surface area contributed by atoms with E-state index in [-0.39, 0.29) is 24.7 Å². The number of nitrogens with zero attached hydrogens (tertiary/aromatic N) is 1. The molecule has 0 N–H and O–H groups in total. The summed E-state index contributed by atoms with van der Waals surface area (Å²) < 4.78 is 32.3. The fraction of sp³-hybridized carbons (Fsp3) is 0.417. The molecule has 92 valence electrons. The molecule has 17 heavy (non-hydrogen) atoms. The topological polar surface area (TPSA) is 29.5 Å². The highest BCUT2D eigenvalue weighted by atomic mass is 19.1. The molecule has 1 aromatic rings. The number of halogens is 2. The molecule has 1 fully saturated rings. The Morgan fingerprint density at radius 3 is 2.65 bits per heavy atom. The molecule has 1 heterocycles. The van der Waals surface area contributed by atoms with E-state index in [0.717, 1.165) is 0 Å². The van der Waals surface area contributed by atoms with Gasteiger partial charge in [-0.05, 0) is 17.7 Å². The third-order valence-corrected chi connectivity index (χ3v) is 3.00. The summed E-state index contributed by atoms with van der Waals surface area (Å²) in [5.74, 6) is -0.671. The maximum Gasteiger partial charge on any atom is 0.219 e. The number of hydrogen-bond donors (Lipinski definition) is 0. The molecule has 0 unspecified atom stereocenters. The van der Waals surface area contributed by atoms with E-state index in [4.69, 9.17) is 4.74 Å². The van der Waals surface area contributed by atoms with Gasteiger partial charge in [0.15, 0.2) is 17.2 Å². The van der Waals surface area contributed by atoms with E-state index in [1.165, 1.54) is 37.1 Å². The van der Waals surface area contributed by atoms with E-state index < -0.39 is 11.5 Å². The maximum atomic E-state index is 14.3. The lowest BCUT2D eigenvalue weighted by Crippen LogP contribution is -2.58. The van der Waals surface area contributed by atoms with Crippen LogP contribution < -0.4 is 4.74 Å². The summed E-state index contributed by atoms with van der Waals surface area (Å²) in [6.45, 7) is 1.42. The summed E-state index contributed by atoms with van der Waals surface area (Å²) in [6, 6.07) is 3.90. The molecule has 0 radical (unpaired) electrons. The van der Waals surface area contributed by atoms with Crippen LogP contribution in [0.4, 0.5) is 8.78 Å². The lowest BCUT2D eigenvalue weighted by Gasteiger charge is -2.44. The van der Waals surface area contributed by atoms with Crippen molar-refractivity contribution in [2.24, 2.45) is 0 Å². The molecular weight excluding hydrogens is 228 g/mol. The van der Waals surface area contributed by atoms with Crippen LogP contribution in [0.2, 0.25) is 0 Å². The predicted molar refractivity (Wildman–Crippen MR) is 58.0 cm³/mol. The molecule has 1 aliphatic heterocycles. The van der Waals surface area contributed by atoms with E-state index in [1.807, 2.05) is 0 Å². The first-order valence-electron chi connectivity index (χ1n) is 5.25. The average Bonchev–Trinajstić information content (AvgIpc) is 2.25. The molecule has 3 nitrogen and oxygen atoms in total. The van der Waals surface area contributed by atoms with Crippen LogP contribution in [0, 0.1) is 5.82 Å². The maximum absolute atomic E-state index is 14.3. The summed E-state index contributed by atoms with van der Waals surface area (Å²) in [5.41, 5.74) is -1.25. The summed E-state index contributed by atoms with van der Waals surface area (Å²) in [6.07, 6.45) is 0. The number of carbonyl (C=O) groups is 1. The number of amides is 1. The zero-order valence-electron chi connectivity index (χ0n) is 9.67. The molecule has 0 bridgehead atoms. The fourth-order valence-electron chi connectivity index (χ4n) is 1.90. The lowest BCUT2D eigenvalue weighted by molar-refractivity contribution is -0.143. The van der Waals surface area contributed by atoms with Crippen LogP contribution in [-0.4, -0.2) is 31.0 Å². The van der Waals surface area contributed by atoms with Gasteiger partial charge in [-0.15, -0.1) is 0 Å². The average molecular weight is 241 g/mol. The highest BCUT2D eigenvalue weighted by Gasteiger charge is 2.46. The van der Waals surface area contributed by atoms with Crippen LogP contribution in [0.25, 0.3) is 0 Å². The molecule has 1 aromatic carbocycles. The number of ether oxygens (including phenoxy) is 1. The van der Waals surface area contributed by atoms with Crippen molar-refractivity contribution in [1.82, 2.24) is 4.90 Å². The smallest absolute Gasteiger partial charge is 0.219 e. The minimum absolute atomic E-state index is 0.0110. The lowest BCUT2D eigenvalue weighted by atomic mass is 9.88. The van der Waals surface area contributed by atoms with E-state index in [2.05, 4.69) is 0 Å². The Balaban J connectivity index is 2.21. The normalized spacial score (nSPS) is 17.5. The molecule has 0 saturated carbocycles. The Hall–Kier alpha value is -1.65. The highest BCUT2D eigenvalue weighted by Crippen LogP contribution is 2.37. The third kappa shape index (κ3) is 1.97. The quantitative estimate of drug-likeness (QED) is 0.791. The predicted octanol–water partition coefficient (Wildman–Crippen LogP) is 1.86. The van der Waals surface area contributed by atoms with Crippen LogP contribution >= 0.6 is 0 Å². The van der Waals surface area contributed by atoms with Crippen LogP contribution in [0.3, 0.4) is 0 Å². The van der Waals surface area contributed by atoms with Crippen molar-refractivity contribution in [3.8, 4) is 5.75 Å². The van der Waals surface area contributed by atoms with Gasteiger partial charge in [-0.2, -0.15) is 0 Å². The zero-order valence-corrected chi connectivity index (χ0v) is 9.67. The number of likely N-dealkylation sites (tertiary alicyclic amines) is 1. The third-order valence-electron chi connectivity index (χ3n) is 3.00. The summed E-state index contributed by atoms with van der Waals surface area (Å²) in [4.78, 5) is 12.4. The Bertz CT molecular complexity index is 456. The van der Waals surface area contributed by atoms with Gasteiger partial charge in [0.25, 0.3) is 0 Å². The molecule has 2 rings (SSSR count). The Morgan fingerprint density at radius 1 is 1.47 bits per heavy atom. The minimum Gasteiger partial charge on any atom is -0.494 e. The first kappa shape index (κ1) is 11.8. The number of methoxy groups -OCH3 is 1. The summed E-state index contributed by atoms with van der Waals surface area (Å²) >= 11 is 0. The van der Waals surface area contributed by atoms with Gasteiger partial charge < -0.3 is 9.64 Å². The number of carbonyl (C=O) groups excluding carboxylic acids is 1. The second kappa shape index (κ2) is 3.98. The summed E-state index contributed by atoms with van der Waals surface area (Å²) in [7, 11) is 1.33. The second-order valence-electron chi connectivity index (χ2n) is 4.19. The van der Waals surface area contributed by atoms with E-state index in [1.54, 1.807) is 0 Å². The minimum atomic E-state index is -1.59. The van der Waals surface area contributed by atoms with Crippen molar-refractivity contribution in [3.63, 3.8) is 0 Å². The van der Waals surface area contributed by atoms with Crippen molar-refractivity contribution in [3.05, 3.63) is 29.6 Å². The van der Waals surface area contributed by atoms with Gasteiger partial charge in [-0.3, -0.25) is 4.79 Å². The van der Waals surface area contributed by atoms with E-state index in [0.29, 0.717) is 5.56 Å². The van der Waals surface area contributed by atoms with Crippen molar-refractivity contribution in [1.29, 1.82) is 0 Å². The molecule has 0 aromatic heterocycles. The number of rotatable bonds is 2. The first-order valence-corrected chi connectivity index (χ1v) is 5.25. The number of alkyl halides is 1. The highest BCUT2D eigenvalue weighted by molar-refractivity contribution is 5.74. The van der Waals surface area contributed by atoms with Gasteiger partial charge in [-0.1, -0.05) is 6.07 Å². The molecule has 0 spiro atoms. The van der Waals surface area contributed by atoms with Gasteiger partial charge in [-0.25, -0.2) is 8.78 Å². The van der Waals surface area contributed by atoms with Crippen molar-refractivity contribution in [2.45, 2.75) is 12.6 Å². The molecular formula is C12H13F2NO2. The largest absolute Gasteiger partial charge is 0.494 e. The molecule has 1 saturated heterocycles. The van der Waals surface area contributed by atoms with Crippen LogP contribution in [0.1, 0.15) is 12.5 Å². The first-order chi connectivity index (χ1) is 7.96. The van der Waals surface area contributed by atoms with Gasteiger partial charge in [0.2, 0.25) is 5.91 Å². The van der Waals surface area contributed by atoms with Gasteiger partial charge in [0.05, 0.1) is 20.2 Å². The molecule has 1 amide bonds. The monoisotopic (exact) mass is 241 g/mol. The summed E-state index contributed by atoms with van der Waals surface area (Å²) in [5, 5.41) is 0. The Labute approximate surface area is 98.0 Å². The second-order valence-corrected chi connectivity index (χ2v) is 4.19. The standard InChI is InChI=1S/C12H13F2NO2/c1-8(16)15-6-12(14,7-15)9-3-4-10(13)11(5-9)17-2/h3-5H,6-7H2,1-2H3. The van der Waals surface area contributed by atoms with Crippen LogP contribution in [-0.2, 0) is 10.5 Å². The van der Waals surface area contributed by atoms with Crippen LogP contribution in [0.5, 0.6) is 5.75 Å². The van der Waals surface area contributed by atoms with Crippen molar-refractivity contribution >= 4 is 5.91 Å². The molecule has 5 heteroatoms. The number of hydrogen-bond acceptors (Lipinski definition) is 2. The van der Waals surface area contributed by atoms with Gasteiger partial charge >= 0.3 is 0 Å². The molecule has 0 aliphatic carbocycles. The van der Waals surface area contributed by atoms with Crippen LogP contribution in [0.15, 0.2) is 18.2 Å². The van der Waals surface area contributed by atoms with Crippen molar-refractivity contribution in [2.75, 3.05) is 20.2 Å². The Morgan fingerprint density at radius 2 is 2.12 bits per heavy atom. The van der Waals surface area contributed by atoms with E-state index >= 15 is 0 Å². The molecule has 1 aliphatic rings. The molecule has 0 atom stereocenters. The van der Waals surface area contributed by atoms with E-state index in [9.17, 15) is 13.6 Å². The van der Waals surface area contributed by atoms with Gasteiger partial charge in [0.1, 0.15) is 0 Å². The Kier molecular flexibility index (Phi) is 2.77. The van der Waals surface area contributed by atoms with Crippen molar-refractivity contribution < 1.29 is 18.3 Å².